The summed E-state index contributed by atoms with van der Waals surface area (Å²) < 4.78 is 5.43. The first kappa shape index (κ1) is 14.9. The van der Waals surface area contributed by atoms with Gasteiger partial charge < -0.3 is 9.64 Å². The summed E-state index contributed by atoms with van der Waals surface area (Å²) in [6, 6.07) is 6.91. The summed E-state index contributed by atoms with van der Waals surface area (Å²) in [5, 5.41) is 0.634. The lowest BCUT2D eigenvalue weighted by molar-refractivity contribution is -0.136. The van der Waals surface area contributed by atoms with Gasteiger partial charge in [-0.05, 0) is 44.0 Å². The fraction of sp³-hybridized carbons (Fsp3) is 0.467. The molecule has 0 N–H and O–H groups in total. The van der Waals surface area contributed by atoms with E-state index in [-0.39, 0.29) is 24.2 Å². The van der Waals surface area contributed by atoms with Gasteiger partial charge in [0.05, 0.1) is 0 Å². The second kappa shape index (κ2) is 6.75. The number of rotatable bonds is 4. The summed E-state index contributed by atoms with van der Waals surface area (Å²) in [6.45, 7) is 2.90. The van der Waals surface area contributed by atoms with E-state index in [9.17, 15) is 9.59 Å². The molecule has 1 aromatic carbocycles. The number of Topliss-reactive ketones (excluding diaryl/α,β-unsaturated/α-hetero) is 1. The third-order valence-corrected chi connectivity index (χ3v) is 3.85. The zero-order valence-electron chi connectivity index (χ0n) is 11.5. The lowest BCUT2D eigenvalue weighted by Crippen LogP contribution is -2.42. The first-order valence-corrected chi connectivity index (χ1v) is 7.10. The maximum atomic E-state index is 12.0. The molecule has 0 saturated carbocycles. The fourth-order valence-electron chi connectivity index (χ4n) is 2.30. The molecule has 1 heterocycles. The molecule has 0 spiro atoms. The van der Waals surface area contributed by atoms with E-state index < -0.39 is 0 Å². The number of nitrogens with zero attached hydrogens (tertiary/aromatic N) is 1. The average molecular weight is 296 g/mol. The third-order valence-electron chi connectivity index (χ3n) is 3.60. The molecule has 20 heavy (non-hydrogen) atoms. The number of carbonyl (C=O) groups is 2. The van der Waals surface area contributed by atoms with Gasteiger partial charge in [0.25, 0.3) is 5.91 Å². The molecule has 108 valence electrons. The van der Waals surface area contributed by atoms with E-state index in [0.717, 1.165) is 12.8 Å². The highest BCUT2D eigenvalue weighted by Crippen LogP contribution is 2.19. The number of amides is 1. The normalized spacial score (nSPS) is 16.0. The first-order chi connectivity index (χ1) is 9.56. The van der Waals surface area contributed by atoms with Gasteiger partial charge >= 0.3 is 0 Å². The molecule has 0 bridgehead atoms. The van der Waals surface area contributed by atoms with E-state index in [0.29, 0.717) is 23.9 Å². The summed E-state index contributed by atoms with van der Waals surface area (Å²) in [5.74, 6) is 0.911. The van der Waals surface area contributed by atoms with Crippen molar-refractivity contribution in [3.63, 3.8) is 0 Å². The Bertz CT molecular complexity index is 478. The minimum atomic E-state index is -0.0399. The van der Waals surface area contributed by atoms with E-state index >= 15 is 0 Å². The molecule has 1 aliphatic rings. The molecule has 4 nitrogen and oxygen atoms in total. The van der Waals surface area contributed by atoms with Crippen LogP contribution < -0.4 is 4.74 Å². The molecule has 5 heteroatoms. The Morgan fingerprint density at radius 1 is 1.25 bits per heavy atom. The van der Waals surface area contributed by atoms with Crippen LogP contribution in [0, 0.1) is 5.92 Å². The van der Waals surface area contributed by atoms with Crippen LogP contribution in [0.2, 0.25) is 5.02 Å². The lowest BCUT2D eigenvalue weighted by atomic mass is 9.93. The minimum absolute atomic E-state index is 0.0202. The van der Waals surface area contributed by atoms with E-state index in [1.165, 1.54) is 0 Å². The van der Waals surface area contributed by atoms with E-state index in [4.69, 9.17) is 16.3 Å². The van der Waals surface area contributed by atoms with Crippen LogP contribution in [-0.2, 0) is 9.59 Å². The first-order valence-electron chi connectivity index (χ1n) is 6.73. The number of hydrogen-bond donors (Lipinski definition) is 0. The van der Waals surface area contributed by atoms with Crippen molar-refractivity contribution in [2.45, 2.75) is 19.8 Å². The van der Waals surface area contributed by atoms with E-state index in [2.05, 4.69) is 0 Å². The van der Waals surface area contributed by atoms with Crippen molar-refractivity contribution in [2.24, 2.45) is 5.92 Å². The summed E-state index contributed by atoms with van der Waals surface area (Å²) >= 11 is 5.78. The van der Waals surface area contributed by atoms with Gasteiger partial charge in [0, 0.05) is 24.0 Å². The maximum absolute atomic E-state index is 12.0. The Balaban J connectivity index is 1.78. The fourth-order valence-corrected chi connectivity index (χ4v) is 2.43. The summed E-state index contributed by atoms with van der Waals surface area (Å²) in [7, 11) is 0. The Morgan fingerprint density at radius 2 is 1.85 bits per heavy atom. The Kier molecular flexibility index (Phi) is 5.01. The van der Waals surface area contributed by atoms with Crippen LogP contribution in [0.1, 0.15) is 19.8 Å². The van der Waals surface area contributed by atoms with Crippen molar-refractivity contribution in [1.82, 2.24) is 4.90 Å². The highest BCUT2D eigenvalue weighted by molar-refractivity contribution is 6.30. The second-order valence-corrected chi connectivity index (χ2v) is 5.44. The Hall–Kier alpha value is -1.55. The Labute approximate surface area is 123 Å². The van der Waals surface area contributed by atoms with Gasteiger partial charge in [-0.2, -0.15) is 0 Å². The number of ether oxygens (including phenoxy) is 1. The van der Waals surface area contributed by atoms with Crippen LogP contribution in [-0.4, -0.2) is 36.3 Å². The molecule has 0 aliphatic carbocycles. The van der Waals surface area contributed by atoms with Crippen LogP contribution in [0.4, 0.5) is 0 Å². The summed E-state index contributed by atoms with van der Waals surface area (Å²) in [4.78, 5) is 25.0. The molecule has 1 aromatic rings. The predicted octanol–water partition coefficient (Wildman–Crippen LogP) is 2.55. The quantitative estimate of drug-likeness (QED) is 0.857. The van der Waals surface area contributed by atoms with Gasteiger partial charge in [0.15, 0.2) is 6.61 Å². The van der Waals surface area contributed by atoms with Crippen molar-refractivity contribution in [3.05, 3.63) is 29.3 Å². The van der Waals surface area contributed by atoms with Gasteiger partial charge in [-0.3, -0.25) is 9.59 Å². The number of hydrogen-bond acceptors (Lipinski definition) is 3. The molecule has 0 unspecified atom stereocenters. The highest BCUT2D eigenvalue weighted by atomic mass is 35.5. The van der Waals surface area contributed by atoms with Gasteiger partial charge in [-0.1, -0.05) is 11.6 Å². The van der Waals surface area contributed by atoms with Crippen LogP contribution in [0.25, 0.3) is 0 Å². The SMILES string of the molecule is CC(=O)C1CCN(C(=O)COc2ccc(Cl)cc2)CC1. The molecule has 0 aromatic heterocycles. The molecule has 2 rings (SSSR count). The molecular weight excluding hydrogens is 278 g/mol. The number of likely N-dealkylation sites (tertiary alicyclic amines) is 1. The number of halogens is 1. The number of benzene rings is 1. The van der Waals surface area contributed by atoms with Gasteiger partial charge in [0.2, 0.25) is 0 Å². The largest absolute Gasteiger partial charge is 0.484 e. The lowest BCUT2D eigenvalue weighted by Gasteiger charge is -2.30. The minimum Gasteiger partial charge on any atom is -0.484 e. The summed E-state index contributed by atoms with van der Waals surface area (Å²) in [5.41, 5.74) is 0. The molecular formula is C15H18ClNO3. The Morgan fingerprint density at radius 3 is 2.40 bits per heavy atom. The van der Waals surface area contributed by atoms with Crippen LogP contribution in [0.3, 0.4) is 0 Å². The van der Waals surface area contributed by atoms with Crippen LogP contribution in [0.15, 0.2) is 24.3 Å². The number of piperidine rings is 1. The topological polar surface area (TPSA) is 46.6 Å². The monoisotopic (exact) mass is 295 g/mol. The van der Waals surface area contributed by atoms with Gasteiger partial charge in [0.1, 0.15) is 11.5 Å². The molecule has 0 radical (unpaired) electrons. The molecule has 1 aliphatic heterocycles. The standard InChI is InChI=1S/C15H18ClNO3/c1-11(18)12-6-8-17(9-7-12)15(19)10-20-14-4-2-13(16)3-5-14/h2-5,12H,6-10H2,1H3. The van der Waals surface area contributed by atoms with Gasteiger partial charge in [-0.15, -0.1) is 0 Å². The molecule has 0 atom stereocenters. The second-order valence-electron chi connectivity index (χ2n) is 5.01. The van der Waals surface area contributed by atoms with Crippen molar-refractivity contribution in [3.8, 4) is 5.75 Å². The zero-order chi connectivity index (χ0) is 14.5. The predicted molar refractivity (Wildman–Crippen MR) is 76.9 cm³/mol. The van der Waals surface area contributed by atoms with Crippen molar-refractivity contribution in [1.29, 1.82) is 0 Å². The van der Waals surface area contributed by atoms with Crippen molar-refractivity contribution in [2.75, 3.05) is 19.7 Å². The van der Waals surface area contributed by atoms with Gasteiger partial charge in [-0.25, -0.2) is 0 Å². The van der Waals surface area contributed by atoms with Crippen LogP contribution >= 0.6 is 11.6 Å². The average Bonchev–Trinajstić information content (AvgIpc) is 2.46. The molecule has 1 saturated heterocycles. The maximum Gasteiger partial charge on any atom is 0.260 e. The van der Waals surface area contributed by atoms with E-state index in [1.807, 2.05) is 0 Å². The highest BCUT2D eigenvalue weighted by Gasteiger charge is 2.25. The third kappa shape index (κ3) is 3.97. The summed E-state index contributed by atoms with van der Waals surface area (Å²) in [6.07, 6.45) is 1.50. The van der Waals surface area contributed by atoms with Crippen molar-refractivity contribution >= 4 is 23.3 Å². The number of carbonyl (C=O) groups excluding carboxylic acids is 2. The van der Waals surface area contributed by atoms with Crippen molar-refractivity contribution < 1.29 is 14.3 Å². The molecule has 1 amide bonds. The van der Waals surface area contributed by atoms with Crippen LogP contribution in [0.5, 0.6) is 5.75 Å². The zero-order valence-corrected chi connectivity index (χ0v) is 12.2. The smallest absolute Gasteiger partial charge is 0.260 e. The van der Waals surface area contributed by atoms with E-state index in [1.54, 1.807) is 36.1 Å². The molecule has 1 fully saturated rings. The number of ketones is 1.